The predicted molar refractivity (Wildman–Crippen MR) is 191 cm³/mol. The third-order valence-corrected chi connectivity index (χ3v) is 9.86. The Morgan fingerprint density at radius 3 is 1.44 bits per heavy atom. The Kier molecular flexibility index (Phi) is 13.8. The lowest BCUT2D eigenvalue weighted by molar-refractivity contribution is -0.946. The smallest absolute Gasteiger partial charge is 0.430 e. The second-order valence-electron chi connectivity index (χ2n) is 13.3. The van der Waals surface area contributed by atoms with Crippen molar-refractivity contribution in [2.24, 2.45) is 5.92 Å². The van der Waals surface area contributed by atoms with Crippen molar-refractivity contribution < 1.29 is 57.2 Å². The second kappa shape index (κ2) is 18.0. The topological polar surface area (TPSA) is 144 Å². The number of aliphatic hydroxyl groups is 2. The number of hydrogen-bond acceptors (Lipinski definition) is 7. The van der Waals surface area contributed by atoms with E-state index in [0.717, 1.165) is 56.3 Å². The van der Waals surface area contributed by atoms with Gasteiger partial charge in [0, 0.05) is 31.6 Å². The van der Waals surface area contributed by atoms with Crippen LogP contribution in [0.25, 0.3) is 0 Å². The molecular formula is C42H42F3NO8. The molecule has 0 aromatic heterocycles. The highest BCUT2D eigenvalue weighted by atomic mass is 19.4. The van der Waals surface area contributed by atoms with Crippen LogP contribution in [0.15, 0.2) is 121 Å². The van der Waals surface area contributed by atoms with E-state index in [1.54, 1.807) is 84.9 Å². The van der Waals surface area contributed by atoms with Crippen molar-refractivity contribution in [3.63, 3.8) is 0 Å². The van der Waals surface area contributed by atoms with E-state index in [1.165, 1.54) is 0 Å². The van der Waals surface area contributed by atoms with Gasteiger partial charge in [-0.3, -0.25) is 0 Å². The van der Waals surface area contributed by atoms with E-state index in [4.69, 9.17) is 21.1 Å². The number of fused-ring (bicyclic) bond motifs is 3. The Morgan fingerprint density at radius 1 is 0.741 bits per heavy atom. The van der Waals surface area contributed by atoms with Crippen LogP contribution >= 0.6 is 0 Å². The summed E-state index contributed by atoms with van der Waals surface area (Å²) in [5.41, 5.74) is -2.07. The van der Waals surface area contributed by atoms with Gasteiger partial charge in [-0.25, -0.2) is 9.59 Å². The van der Waals surface area contributed by atoms with E-state index in [2.05, 4.69) is 5.92 Å². The van der Waals surface area contributed by atoms with Crippen LogP contribution in [-0.4, -0.2) is 76.2 Å². The number of alkyl halides is 3. The summed E-state index contributed by atoms with van der Waals surface area (Å²) >= 11 is 0. The van der Waals surface area contributed by atoms with E-state index in [1.807, 2.05) is 36.4 Å². The fraction of sp³-hybridized carbons (Fsp3) is 0.310. The predicted octanol–water partition coefficient (Wildman–Crippen LogP) is 4.79. The molecule has 3 aliphatic heterocycles. The molecule has 4 aromatic carbocycles. The number of esters is 1. The highest BCUT2D eigenvalue weighted by Gasteiger charge is 2.50. The lowest BCUT2D eigenvalue weighted by atomic mass is 9.82. The zero-order valence-electron chi connectivity index (χ0n) is 29.4. The number of terminal acetylenes is 1. The van der Waals surface area contributed by atoms with Gasteiger partial charge in [0.1, 0.15) is 12.5 Å². The second-order valence-corrected chi connectivity index (χ2v) is 13.3. The third kappa shape index (κ3) is 9.73. The maximum atomic E-state index is 13.5. The highest BCUT2D eigenvalue weighted by Crippen LogP contribution is 2.38. The number of benzene rings is 4. The number of hydrogen-bond donors (Lipinski definition) is 3. The summed E-state index contributed by atoms with van der Waals surface area (Å²) in [6.07, 6.45) is 3.98. The molecule has 7 rings (SSSR count). The summed E-state index contributed by atoms with van der Waals surface area (Å²) in [5.74, 6) is -1.77. The number of carbonyl (C=O) groups is 3. The van der Waals surface area contributed by atoms with Gasteiger partial charge in [-0.15, -0.1) is 12.3 Å². The fourth-order valence-corrected chi connectivity index (χ4v) is 6.94. The fourth-order valence-electron chi connectivity index (χ4n) is 6.94. The highest BCUT2D eigenvalue weighted by molar-refractivity contribution is 5.85. The number of halogens is 3. The van der Waals surface area contributed by atoms with Crippen LogP contribution in [0, 0.1) is 18.3 Å². The lowest BCUT2D eigenvalue weighted by Crippen LogP contribution is -2.65. The molecule has 1 atom stereocenters. The molecule has 3 aliphatic rings. The number of carboxylic acids is 2. The number of unbranched alkanes of at least 4 members (excludes halogenated alkanes) is 1. The molecule has 0 unspecified atom stereocenters. The maximum Gasteiger partial charge on any atom is 0.430 e. The summed E-state index contributed by atoms with van der Waals surface area (Å²) in [5, 5.41) is 40.2. The molecule has 2 bridgehead atoms. The Morgan fingerprint density at radius 2 is 1.11 bits per heavy atom. The Hall–Kier alpha value is -5.48. The Bertz CT molecular complexity index is 1780. The molecule has 0 aliphatic carbocycles. The quantitative estimate of drug-likeness (QED) is 0.0911. The van der Waals surface area contributed by atoms with Crippen LogP contribution in [-0.2, 0) is 30.3 Å². The van der Waals surface area contributed by atoms with Gasteiger partial charge in [0.25, 0.3) is 0 Å². The van der Waals surface area contributed by atoms with Crippen molar-refractivity contribution in [2.75, 3.05) is 26.2 Å². The first-order chi connectivity index (χ1) is 25.7. The standard InChI is InChI=1S/C26H30NO3.C14H12O3.C2HF3O2/c1-2-3-10-17-27-18-15-21(16-19-27)24(20-27)30-25(28)26(29,22-11-6-4-7-12-22)23-13-8-5-9-14-23;15-13(16)14(17,11-7-3-1-4-8-11)12-9-5-2-6-10-12;3-2(4,5)1(6)7/h1,4-9,11-14,21,24,29H,3,10,15-20H2;1-10,17H,(H,15,16);(H,6,7)/q+1;;/p-1/t21?,24-,27?;;/m0../s1. The van der Waals surface area contributed by atoms with Gasteiger partial charge in [-0.05, 0) is 22.3 Å². The SMILES string of the molecule is C#CCCC[N+]12CCC(CC1)[C@@H](OC(=O)C(O)(c1ccccc1)c1ccccc1)C2.O=C(O)C(O)(c1ccccc1)c1ccccc1.O=C([O-])C(F)(F)F. The number of nitrogens with zero attached hydrogens (tertiary/aromatic N) is 1. The van der Waals surface area contributed by atoms with Gasteiger partial charge in [0.05, 0.1) is 19.6 Å². The molecule has 0 saturated carbocycles. The molecule has 284 valence electrons. The number of rotatable bonds is 10. The molecule has 3 N–H and O–H groups in total. The summed E-state index contributed by atoms with van der Waals surface area (Å²) in [4.78, 5) is 33.6. The van der Waals surface area contributed by atoms with Gasteiger partial charge < -0.3 is 34.4 Å². The van der Waals surface area contributed by atoms with Crippen molar-refractivity contribution in [3.05, 3.63) is 144 Å². The third-order valence-electron chi connectivity index (χ3n) is 9.86. The van der Waals surface area contributed by atoms with Crippen molar-refractivity contribution in [3.8, 4) is 12.3 Å². The van der Waals surface area contributed by atoms with Gasteiger partial charge in [0.2, 0.25) is 11.2 Å². The minimum absolute atomic E-state index is 0.162. The number of ether oxygens (including phenoxy) is 1. The Labute approximate surface area is 311 Å². The summed E-state index contributed by atoms with van der Waals surface area (Å²) in [7, 11) is 0. The van der Waals surface area contributed by atoms with E-state index in [0.29, 0.717) is 28.2 Å². The molecule has 0 amide bonds. The maximum absolute atomic E-state index is 13.5. The van der Waals surface area contributed by atoms with Crippen molar-refractivity contribution in [2.45, 2.75) is 49.2 Å². The van der Waals surface area contributed by atoms with Gasteiger partial charge in [-0.2, -0.15) is 13.2 Å². The first kappa shape index (κ1) is 41.3. The number of aliphatic carboxylic acids is 2. The molecule has 0 spiro atoms. The monoisotopic (exact) mass is 745 g/mol. The van der Waals surface area contributed by atoms with E-state index < -0.39 is 35.3 Å². The van der Waals surface area contributed by atoms with Crippen LogP contribution < -0.4 is 5.11 Å². The van der Waals surface area contributed by atoms with Crippen LogP contribution in [0.3, 0.4) is 0 Å². The average molecular weight is 746 g/mol. The van der Waals surface area contributed by atoms with Crippen molar-refractivity contribution >= 4 is 17.9 Å². The molecule has 54 heavy (non-hydrogen) atoms. The zero-order valence-corrected chi connectivity index (χ0v) is 29.4. The number of piperidine rings is 3. The first-order valence-electron chi connectivity index (χ1n) is 17.4. The van der Waals surface area contributed by atoms with Gasteiger partial charge >= 0.3 is 18.1 Å². The van der Waals surface area contributed by atoms with E-state index in [-0.39, 0.29) is 6.10 Å². The number of carboxylic acid groups (broad SMARTS) is 2. The number of quaternary nitrogens is 1. The summed E-state index contributed by atoms with van der Waals surface area (Å²) in [6.45, 7) is 4.11. The van der Waals surface area contributed by atoms with Crippen molar-refractivity contribution in [1.82, 2.24) is 0 Å². The van der Waals surface area contributed by atoms with Gasteiger partial charge in [0.15, 0.2) is 6.10 Å². The molecule has 9 nitrogen and oxygen atoms in total. The zero-order chi connectivity index (χ0) is 39.4. The molecular weight excluding hydrogens is 703 g/mol. The Balaban J connectivity index is 0.000000227. The normalized spacial score (nSPS) is 19.1. The minimum Gasteiger partial charge on any atom is -0.542 e. The summed E-state index contributed by atoms with van der Waals surface area (Å²) in [6, 6.07) is 34.9. The van der Waals surface area contributed by atoms with Crippen LogP contribution in [0.2, 0.25) is 0 Å². The van der Waals surface area contributed by atoms with E-state index >= 15 is 0 Å². The van der Waals surface area contributed by atoms with Crippen LogP contribution in [0.1, 0.15) is 47.9 Å². The molecule has 0 radical (unpaired) electrons. The van der Waals surface area contributed by atoms with Crippen molar-refractivity contribution in [1.29, 1.82) is 0 Å². The molecule has 4 aromatic rings. The average Bonchev–Trinajstić information content (AvgIpc) is 3.19. The molecule has 12 heteroatoms. The lowest BCUT2D eigenvalue weighted by Gasteiger charge is -2.52. The molecule has 3 fully saturated rings. The summed E-state index contributed by atoms with van der Waals surface area (Å²) < 4.78 is 38.6. The molecule has 3 heterocycles. The minimum atomic E-state index is -5.19. The molecule has 3 saturated heterocycles. The largest absolute Gasteiger partial charge is 0.542 e. The van der Waals surface area contributed by atoms with Crippen LogP contribution in [0.4, 0.5) is 13.2 Å². The number of carbonyl (C=O) groups excluding carboxylic acids is 2. The van der Waals surface area contributed by atoms with Crippen LogP contribution in [0.5, 0.6) is 0 Å². The van der Waals surface area contributed by atoms with E-state index in [9.17, 15) is 38.1 Å². The first-order valence-corrected chi connectivity index (χ1v) is 17.4. The van der Waals surface area contributed by atoms with Gasteiger partial charge in [-0.1, -0.05) is 121 Å².